The van der Waals surface area contributed by atoms with E-state index in [0.717, 1.165) is 32.4 Å². The number of hydrogen-bond acceptors (Lipinski definition) is 3. The molecule has 0 radical (unpaired) electrons. The lowest BCUT2D eigenvalue weighted by atomic mass is 9.80. The average molecular weight is 357 g/mol. The van der Waals surface area contributed by atoms with Crippen molar-refractivity contribution in [3.8, 4) is 0 Å². The standard InChI is InChI=1S/C22H32N2O2/c1-16(2)11-12-24-14-22(18-9-5-6-10-19(18)24)13-20(26-15-22)21(25)23-17-7-3-4-8-17/h5-6,9-10,16-17,20H,3-4,7-8,11-15H2,1-2H3,(H,23,25). The third kappa shape index (κ3) is 3.36. The summed E-state index contributed by atoms with van der Waals surface area (Å²) in [5.41, 5.74) is 2.69. The molecule has 0 aromatic heterocycles. The summed E-state index contributed by atoms with van der Waals surface area (Å²) in [4.78, 5) is 15.2. The molecule has 4 rings (SSSR count). The van der Waals surface area contributed by atoms with Crippen LogP contribution in [0.15, 0.2) is 24.3 Å². The van der Waals surface area contributed by atoms with Crippen molar-refractivity contribution in [2.45, 2.75) is 69.9 Å². The molecule has 0 bridgehead atoms. The van der Waals surface area contributed by atoms with Crippen LogP contribution in [-0.4, -0.2) is 37.7 Å². The highest BCUT2D eigenvalue weighted by Crippen LogP contribution is 2.47. The van der Waals surface area contributed by atoms with E-state index in [-0.39, 0.29) is 17.4 Å². The number of anilines is 1. The van der Waals surface area contributed by atoms with Crippen molar-refractivity contribution in [1.82, 2.24) is 5.32 Å². The molecule has 4 heteroatoms. The summed E-state index contributed by atoms with van der Waals surface area (Å²) in [7, 11) is 0. The molecule has 26 heavy (non-hydrogen) atoms. The molecule has 1 aliphatic carbocycles. The third-order valence-corrected chi connectivity index (χ3v) is 6.42. The number of rotatable bonds is 5. The second kappa shape index (κ2) is 7.22. The van der Waals surface area contributed by atoms with E-state index >= 15 is 0 Å². The first-order valence-corrected chi connectivity index (χ1v) is 10.3. The minimum absolute atomic E-state index is 0.0226. The maximum absolute atomic E-state index is 12.7. The topological polar surface area (TPSA) is 41.6 Å². The van der Waals surface area contributed by atoms with E-state index in [4.69, 9.17) is 4.74 Å². The molecule has 142 valence electrons. The van der Waals surface area contributed by atoms with Crippen LogP contribution in [0.5, 0.6) is 0 Å². The van der Waals surface area contributed by atoms with Crippen molar-refractivity contribution in [3.05, 3.63) is 29.8 Å². The first-order chi connectivity index (χ1) is 12.6. The Morgan fingerprint density at radius 3 is 2.85 bits per heavy atom. The summed E-state index contributed by atoms with van der Waals surface area (Å²) in [6, 6.07) is 9.08. The predicted molar refractivity (Wildman–Crippen MR) is 105 cm³/mol. The first kappa shape index (κ1) is 17.8. The van der Waals surface area contributed by atoms with Gasteiger partial charge in [0.25, 0.3) is 0 Å². The summed E-state index contributed by atoms with van der Waals surface area (Å²) in [5, 5.41) is 3.22. The van der Waals surface area contributed by atoms with Crippen molar-refractivity contribution in [2.24, 2.45) is 5.92 Å². The number of carbonyl (C=O) groups excluding carboxylic acids is 1. The van der Waals surface area contributed by atoms with E-state index in [1.54, 1.807) is 0 Å². The lowest BCUT2D eigenvalue weighted by Crippen LogP contribution is -2.41. The maximum atomic E-state index is 12.7. The van der Waals surface area contributed by atoms with Crippen LogP contribution < -0.4 is 10.2 Å². The Morgan fingerprint density at radius 2 is 2.08 bits per heavy atom. The number of para-hydroxylation sites is 1. The summed E-state index contributed by atoms with van der Waals surface area (Å²) in [5.74, 6) is 0.801. The van der Waals surface area contributed by atoms with Crippen LogP contribution in [0.1, 0.15) is 57.9 Å². The first-order valence-electron chi connectivity index (χ1n) is 10.3. The Hall–Kier alpha value is -1.55. The molecule has 1 spiro atoms. The minimum Gasteiger partial charge on any atom is -0.370 e. The van der Waals surface area contributed by atoms with Crippen LogP contribution >= 0.6 is 0 Å². The molecular weight excluding hydrogens is 324 g/mol. The highest BCUT2D eigenvalue weighted by Gasteiger charge is 2.50. The number of carbonyl (C=O) groups is 1. The molecule has 2 atom stereocenters. The second-order valence-corrected chi connectivity index (χ2v) is 8.90. The molecular formula is C22H32N2O2. The fourth-order valence-electron chi connectivity index (χ4n) is 4.91. The zero-order valence-electron chi connectivity index (χ0n) is 16.2. The van der Waals surface area contributed by atoms with E-state index in [0.29, 0.717) is 18.6 Å². The number of benzene rings is 1. The van der Waals surface area contributed by atoms with Gasteiger partial charge in [0.2, 0.25) is 5.91 Å². The van der Waals surface area contributed by atoms with Gasteiger partial charge in [-0.1, -0.05) is 44.9 Å². The highest BCUT2D eigenvalue weighted by molar-refractivity contribution is 5.82. The molecule has 2 aliphatic heterocycles. The van der Waals surface area contributed by atoms with Crippen molar-refractivity contribution < 1.29 is 9.53 Å². The number of amides is 1. The number of nitrogens with zero attached hydrogens (tertiary/aromatic N) is 1. The van der Waals surface area contributed by atoms with Crippen molar-refractivity contribution in [3.63, 3.8) is 0 Å². The highest BCUT2D eigenvalue weighted by atomic mass is 16.5. The fraction of sp³-hybridized carbons (Fsp3) is 0.682. The molecule has 1 N–H and O–H groups in total. The normalized spacial score (nSPS) is 28.3. The Bertz CT molecular complexity index is 653. The number of ether oxygens (including phenoxy) is 1. The van der Waals surface area contributed by atoms with Gasteiger partial charge < -0.3 is 15.0 Å². The summed E-state index contributed by atoms with van der Waals surface area (Å²) < 4.78 is 6.05. The van der Waals surface area contributed by atoms with Gasteiger partial charge in [0.1, 0.15) is 6.10 Å². The molecule has 1 saturated heterocycles. The summed E-state index contributed by atoms with van der Waals surface area (Å²) in [6.45, 7) is 7.27. The molecule has 2 heterocycles. The number of fused-ring (bicyclic) bond motifs is 2. The van der Waals surface area contributed by atoms with Crippen LogP contribution in [0.25, 0.3) is 0 Å². The van der Waals surface area contributed by atoms with Gasteiger partial charge in [-0.25, -0.2) is 0 Å². The van der Waals surface area contributed by atoms with Crippen LogP contribution in [0.4, 0.5) is 5.69 Å². The van der Waals surface area contributed by atoms with Gasteiger partial charge in [-0.2, -0.15) is 0 Å². The van der Waals surface area contributed by atoms with E-state index in [9.17, 15) is 4.79 Å². The summed E-state index contributed by atoms with van der Waals surface area (Å²) in [6.07, 6.45) is 6.41. The Morgan fingerprint density at radius 1 is 1.31 bits per heavy atom. The molecule has 2 fully saturated rings. The predicted octanol–water partition coefficient (Wildman–Crippen LogP) is 3.64. The number of hydrogen-bond donors (Lipinski definition) is 1. The molecule has 1 saturated carbocycles. The lowest BCUT2D eigenvalue weighted by Gasteiger charge is -2.25. The van der Waals surface area contributed by atoms with Gasteiger partial charge in [0, 0.05) is 30.2 Å². The average Bonchev–Trinajstić information content (AvgIpc) is 3.35. The maximum Gasteiger partial charge on any atom is 0.249 e. The van der Waals surface area contributed by atoms with Gasteiger partial charge in [0.15, 0.2) is 0 Å². The van der Waals surface area contributed by atoms with Gasteiger partial charge in [-0.15, -0.1) is 0 Å². The van der Waals surface area contributed by atoms with E-state index < -0.39 is 0 Å². The molecule has 1 aromatic carbocycles. The minimum atomic E-state index is -0.297. The second-order valence-electron chi connectivity index (χ2n) is 8.90. The van der Waals surface area contributed by atoms with Gasteiger partial charge in [0.05, 0.1) is 6.61 Å². The van der Waals surface area contributed by atoms with Crippen molar-refractivity contribution in [2.75, 3.05) is 24.6 Å². The monoisotopic (exact) mass is 356 g/mol. The van der Waals surface area contributed by atoms with Crippen molar-refractivity contribution in [1.29, 1.82) is 0 Å². The summed E-state index contributed by atoms with van der Waals surface area (Å²) >= 11 is 0. The zero-order valence-corrected chi connectivity index (χ0v) is 16.2. The molecule has 4 nitrogen and oxygen atoms in total. The fourth-order valence-corrected chi connectivity index (χ4v) is 4.91. The van der Waals surface area contributed by atoms with Crippen LogP contribution in [0.3, 0.4) is 0 Å². The molecule has 1 amide bonds. The Kier molecular flexibility index (Phi) is 4.96. The van der Waals surface area contributed by atoms with E-state index in [1.165, 1.54) is 30.5 Å². The van der Waals surface area contributed by atoms with Crippen LogP contribution in [0.2, 0.25) is 0 Å². The van der Waals surface area contributed by atoms with Gasteiger partial charge in [-0.05, 0) is 43.2 Å². The molecule has 3 aliphatic rings. The van der Waals surface area contributed by atoms with Crippen molar-refractivity contribution >= 4 is 11.6 Å². The Labute approximate surface area is 157 Å². The number of nitrogens with one attached hydrogen (secondary N) is 1. The SMILES string of the molecule is CC(C)CCN1CC2(COC(C(=O)NC3CCCC3)C2)c2ccccc21. The van der Waals surface area contributed by atoms with E-state index in [2.05, 4.69) is 48.3 Å². The molecule has 2 unspecified atom stereocenters. The largest absolute Gasteiger partial charge is 0.370 e. The van der Waals surface area contributed by atoms with Crippen LogP contribution in [0, 0.1) is 5.92 Å². The Balaban J connectivity index is 1.47. The smallest absolute Gasteiger partial charge is 0.249 e. The van der Waals surface area contributed by atoms with Gasteiger partial charge in [-0.3, -0.25) is 4.79 Å². The third-order valence-electron chi connectivity index (χ3n) is 6.42. The quantitative estimate of drug-likeness (QED) is 0.876. The zero-order chi connectivity index (χ0) is 18.1. The van der Waals surface area contributed by atoms with Gasteiger partial charge >= 0.3 is 0 Å². The van der Waals surface area contributed by atoms with Crippen LogP contribution in [-0.2, 0) is 14.9 Å². The van der Waals surface area contributed by atoms with E-state index in [1.807, 2.05) is 0 Å². The molecule has 1 aromatic rings. The lowest BCUT2D eigenvalue weighted by molar-refractivity contribution is -0.130.